The maximum Gasteiger partial charge on any atom is 0.338 e. The fourth-order valence-corrected chi connectivity index (χ4v) is 5.41. The Hall–Kier alpha value is -2.32. The molecule has 1 aliphatic heterocycles. The number of thiazole rings is 1. The van der Waals surface area contributed by atoms with Crippen LogP contribution in [0.5, 0.6) is 0 Å². The number of hydrogen-bond donors (Lipinski definition) is 0. The number of fused-ring (bicyclic) bond motifs is 1. The summed E-state index contributed by atoms with van der Waals surface area (Å²) in [5.41, 5.74) is 2.22. The summed E-state index contributed by atoms with van der Waals surface area (Å²) in [5, 5.41) is 0.851. The van der Waals surface area contributed by atoms with E-state index in [0.29, 0.717) is 30.6 Å². The van der Waals surface area contributed by atoms with E-state index in [9.17, 15) is 9.59 Å². The van der Waals surface area contributed by atoms with Crippen molar-refractivity contribution in [1.29, 1.82) is 0 Å². The molecule has 0 saturated heterocycles. The van der Waals surface area contributed by atoms with E-state index in [1.165, 1.54) is 11.3 Å². The zero-order valence-corrected chi connectivity index (χ0v) is 21.2. The second kappa shape index (κ2) is 9.89. The van der Waals surface area contributed by atoms with Gasteiger partial charge in [-0.15, -0.1) is 11.8 Å². The molecule has 0 amide bonds. The van der Waals surface area contributed by atoms with Gasteiger partial charge in [0.2, 0.25) is 0 Å². The van der Waals surface area contributed by atoms with Crippen LogP contribution in [-0.2, 0) is 9.53 Å². The van der Waals surface area contributed by atoms with Gasteiger partial charge in [0.25, 0.3) is 5.56 Å². The van der Waals surface area contributed by atoms with E-state index in [2.05, 4.69) is 4.99 Å². The second-order valence-electron chi connectivity index (χ2n) is 7.25. The highest BCUT2D eigenvalue weighted by molar-refractivity contribution is 7.98. The lowest BCUT2D eigenvalue weighted by Crippen LogP contribution is -2.39. The summed E-state index contributed by atoms with van der Waals surface area (Å²) < 4.78 is 7.38. The number of halogens is 2. The molecule has 2 heterocycles. The van der Waals surface area contributed by atoms with Crippen molar-refractivity contribution in [2.24, 2.45) is 4.99 Å². The first kappa shape index (κ1) is 23.8. The van der Waals surface area contributed by atoms with Crippen molar-refractivity contribution in [3.05, 3.63) is 94.6 Å². The zero-order chi connectivity index (χ0) is 23.7. The van der Waals surface area contributed by atoms with E-state index in [1.54, 1.807) is 54.5 Å². The molecular weight excluding hydrogens is 499 g/mol. The Kier molecular flexibility index (Phi) is 7.14. The fraction of sp³-hybridized carbons (Fsp3) is 0.208. The standard InChI is InChI=1S/C24H20Cl2N2O3S2/c1-4-31-23(30)20-13(2)27-24-28(21(20)15-6-8-16(32-3)9-7-15)22(29)19(33-24)12-14-5-10-17(25)18(26)11-14/h5-12,21H,4H2,1-3H3. The number of nitrogens with zero attached hydrogens (tertiary/aromatic N) is 2. The van der Waals surface area contributed by atoms with Gasteiger partial charge in [-0.2, -0.15) is 0 Å². The maximum atomic E-state index is 13.6. The highest BCUT2D eigenvalue weighted by atomic mass is 35.5. The molecule has 0 aliphatic carbocycles. The molecule has 0 spiro atoms. The summed E-state index contributed by atoms with van der Waals surface area (Å²) in [7, 11) is 0. The first-order chi connectivity index (χ1) is 15.8. The largest absolute Gasteiger partial charge is 0.463 e. The number of thioether (sulfide) groups is 1. The van der Waals surface area contributed by atoms with Gasteiger partial charge in [-0.25, -0.2) is 9.79 Å². The van der Waals surface area contributed by atoms with Gasteiger partial charge in [-0.1, -0.05) is 52.7 Å². The molecule has 2 aromatic carbocycles. The molecule has 0 bridgehead atoms. The minimum absolute atomic E-state index is 0.232. The van der Waals surface area contributed by atoms with Crippen LogP contribution in [0, 0.1) is 0 Å². The Bertz CT molecular complexity index is 1440. The Balaban J connectivity index is 1.94. The summed E-state index contributed by atoms with van der Waals surface area (Å²) in [6.45, 7) is 3.75. The number of esters is 1. The average molecular weight is 519 g/mol. The van der Waals surface area contributed by atoms with E-state index < -0.39 is 12.0 Å². The molecule has 0 radical (unpaired) electrons. The fourth-order valence-electron chi connectivity index (χ4n) is 3.65. The Labute approximate surface area is 209 Å². The van der Waals surface area contributed by atoms with Gasteiger partial charge in [0.05, 0.1) is 38.5 Å². The van der Waals surface area contributed by atoms with E-state index in [0.717, 1.165) is 16.0 Å². The lowest BCUT2D eigenvalue weighted by molar-refractivity contribution is -0.139. The topological polar surface area (TPSA) is 60.7 Å². The quantitative estimate of drug-likeness (QED) is 0.358. The van der Waals surface area contributed by atoms with E-state index in [1.807, 2.05) is 30.5 Å². The Morgan fingerprint density at radius 1 is 1.21 bits per heavy atom. The number of allylic oxidation sites excluding steroid dienone is 1. The molecule has 33 heavy (non-hydrogen) atoms. The number of ether oxygens (including phenoxy) is 1. The summed E-state index contributed by atoms with van der Waals surface area (Å²) in [6, 6.07) is 12.4. The van der Waals surface area contributed by atoms with Crippen LogP contribution in [-0.4, -0.2) is 23.4 Å². The van der Waals surface area contributed by atoms with Gasteiger partial charge >= 0.3 is 5.97 Å². The van der Waals surface area contributed by atoms with Crippen molar-refractivity contribution in [1.82, 2.24) is 4.57 Å². The molecule has 0 saturated carbocycles. The molecule has 0 N–H and O–H groups in total. The number of carbonyl (C=O) groups is 1. The van der Waals surface area contributed by atoms with Crippen LogP contribution >= 0.6 is 46.3 Å². The van der Waals surface area contributed by atoms with Crippen molar-refractivity contribution in [2.75, 3.05) is 12.9 Å². The van der Waals surface area contributed by atoms with Gasteiger partial charge in [-0.05, 0) is 61.6 Å². The minimum Gasteiger partial charge on any atom is -0.463 e. The smallest absolute Gasteiger partial charge is 0.338 e. The van der Waals surface area contributed by atoms with E-state index >= 15 is 0 Å². The molecule has 3 aromatic rings. The third kappa shape index (κ3) is 4.68. The molecule has 5 nitrogen and oxygen atoms in total. The molecule has 1 aromatic heterocycles. The first-order valence-corrected chi connectivity index (χ1v) is 12.9. The Morgan fingerprint density at radius 3 is 2.58 bits per heavy atom. The van der Waals surface area contributed by atoms with Crippen LogP contribution in [0.25, 0.3) is 6.08 Å². The van der Waals surface area contributed by atoms with Crippen LogP contribution in [0.2, 0.25) is 10.0 Å². The second-order valence-corrected chi connectivity index (χ2v) is 9.95. The third-order valence-corrected chi connectivity index (χ3v) is 7.66. The monoisotopic (exact) mass is 518 g/mol. The average Bonchev–Trinajstić information content (AvgIpc) is 3.10. The van der Waals surface area contributed by atoms with Crippen molar-refractivity contribution in [3.63, 3.8) is 0 Å². The first-order valence-electron chi connectivity index (χ1n) is 10.1. The summed E-state index contributed by atoms with van der Waals surface area (Å²) in [4.78, 5) is 32.7. The Morgan fingerprint density at radius 2 is 1.94 bits per heavy atom. The third-order valence-electron chi connectivity index (χ3n) is 5.19. The number of carbonyl (C=O) groups excluding carboxylic acids is 1. The predicted molar refractivity (Wildman–Crippen MR) is 135 cm³/mol. The van der Waals surface area contributed by atoms with Crippen LogP contribution in [0.1, 0.15) is 31.0 Å². The molecule has 1 atom stereocenters. The van der Waals surface area contributed by atoms with Crippen LogP contribution in [0.15, 0.2) is 68.4 Å². The summed E-state index contributed by atoms with van der Waals surface area (Å²) in [5.74, 6) is -0.476. The molecule has 170 valence electrons. The van der Waals surface area contributed by atoms with Crippen molar-refractivity contribution >= 4 is 58.3 Å². The molecule has 4 rings (SSSR count). The SMILES string of the molecule is CCOC(=O)C1=C(C)N=c2sc(=Cc3ccc(Cl)c(Cl)c3)c(=O)n2C1c1ccc(SC)cc1. The van der Waals surface area contributed by atoms with Gasteiger partial charge in [0.1, 0.15) is 0 Å². The lowest BCUT2D eigenvalue weighted by Gasteiger charge is -2.24. The van der Waals surface area contributed by atoms with E-state index in [4.69, 9.17) is 27.9 Å². The minimum atomic E-state index is -0.632. The summed E-state index contributed by atoms with van der Waals surface area (Å²) >= 11 is 15.0. The van der Waals surface area contributed by atoms with Crippen molar-refractivity contribution < 1.29 is 9.53 Å². The van der Waals surface area contributed by atoms with Gasteiger partial charge in [0.15, 0.2) is 4.80 Å². The van der Waals surface area contributed by atoms with Gasteiger partial charge < -0.3 is 4.74 Å². The van der Waals surface area contributed by atoms with Crippen LogP contribution in [0.3, 0.4) is 0 Å². The maximum absolute atomic E-state index is 13.6. The molecular formula is C24H20Cl2N2O3S2. The van der Waals surface area contributed by atoms with Crippen LogP contribution in [0.4, 0.5) is 0 Å². The number of rotatable bonds is 5. The lowest BCUT2D eigenvalue weighted by atomic mass is 9.96. The van der Waals surface area contributed by atoms with Crippen LogP contribution < -0.4 is 14.9 Å². The number of hydrogen-bond acceptors (Lipinski definition) is 6. The van der Waals surface area contributed by atoms with Crippen molar-refractivity contribution in [2.45, 2.75) is 24.8 Å². The van der Waals surface area contributed by atoms with E-state index in [-0.39, 0.29) is 12.2 Å². The number of benzene rings is 2. The molecule has 0 fully saturated rings. The zero-order valence-electron chi connectivity index (χ0n) is 18.1. The van der Waals surface area contributed by atoms with Gasteiger partial charge in [-0.3, -0.25) is 9.36 Å². The van der Waals surface area contributed by atoms with Gasteiger partial charge in [0, 0.05) is 4.90 Å². The highest BCUT2D eigenvalue weighted by Gasteiger charge is 2.33. The predicted octanol–water partition coefficient (Wildman–Crippen LogP) is 4.83. The highest BCUT2D eigenvalue weighted by Crippen LogP contribution is 2.31. The molecule has 1 unspecified atom stereocenters. The normalized spacial score (nSPS) is 15.9. The number of aromatic nitrogens is 1. The van der Waals surface area contributed by atoms with Crippen molar-refractivity contribution in [3.8, 4) is 0 Å². The molecule has 1 aliphatic rings. The summed E-state index contributed by atoms with van der Waals surface area (Å²) in [6.07, 6.45) is 3.75. The molecule has 9 heteroatoms.